The topological polar surface area (TPSA) is 60.5 Å². The SMILES string of the molecule is N#Cc1cnc(C#N)c2ccccc12. The van der Waals surface area contributed by atoms with Crippen LogP contribution < -0.4 is 0 Å². The van der Waals surface area contributed by atoms with Crippen LogP contribution in [0.15, 0.2) is 30.5 Å². The molecule has 1 aromatic carbocycles. The van der Waals surface area contributed by atoms with Crippen LogP contribution in [0.5, 0.6) is 0 Å². The van der Waals surface area contributed by atoms with Crippen molar-refractivity contribution >= 4 is 10.8 Å². The lowest BCUT2D eigenvalue weighted by Crippen LogP contribution is -1.88. The number of nitrogens with zero attached hydrogens (tertiary/aromatic N) is 3. The maximum absolute atomic E-state index is 8.83. The Kier molecular flexibility index (Phi) is 1.86. The summed E-state index contributed by atoms with van der Waals surface area (Å²) in [5.41, 5.74) is 0.860. The second kappa shape index (κ2) is 3.16. The van der Waals surface area contributed by atoms with Crippen molar-refractivity contribution in [3.8, 4) is 12.1 Å². The average molecular weight is 179 g/mol. The van der Waals surface area contributed by atoms with Gasteiger partial charge in [0.2, 0.25) is 0 Å². The first-order chi connectivity index (χ1) is 6.86. The van der Waals surface area contributed by atoms with E-state index in [0.717, 1.165) is 10.8 Å². The van der Waals surface area contributed by atoms with Crippen molar-refractivity contribution in [2.45, 2.75) is 0 Å². The molecular formula is C11H5N3. The molecule has 3 heteroatoms. The Labute approximate surface area is 80.8 Å². The Bertz CT molecular complexity index is 521. The second-order valence-electron chi connectivity index (χ2n) is 2.79. The lowest BCUT2D eigenvalue weighted by atomic mass is 10.1. The minimum Gasteiger partial charge on any atom is -0.243 e. The zero-order valence-corrected chi connectivity index (χ0v) is 7.23. The summed E-state index contributed by atoms with van der Waals surface area (Å²) < 4.78 is 0. The summed E-state index contributed by atoms with van der Waals surface area (Å²) in [7, 11) is 0. The Morgan fingerprint density at radius 3 is 2.36 bits per heavy atom. The third kappa shape index (κ3) is 1.09. The largest absolute Gasteiger partial charge is 0.243 e. The van der Waals surface area contributed by atoms with E-state index in [1.165, 1.54) is 6.20 Å². The summed E-state index contributed by atoms with van der Waals surface area (Å²) >= 11 is 0. The molecule has 1 heterocycles. The van der Waals surface area contributed by atoms with Crippen LogP contribution in [-0.4, -0.2) is 4.98 Å². The number of pyridine rings is 1. The molecule has 0 fully saturated rings. The number of hydrogen-bond acceptors (Lipinski definition) is 3. The Balaban J connectivity index is 2.96. The molecular weight excluding hydrogens is 174 g/mol. The molecule has 0 bridgehead atoms. The van der Waals surface area contributed by atoms with Gasteiger partial charge in [-0.25, -0.2) is 4.98 Å². The number of benzene rings is 1. The first-order valence-corrected chi connectivity index (χ1v) is 4.05. The van der Waals surface area contributed by atoms with Crippen molar-refractivity contribution in [3.05, 3.63) is 41.7 Å². The third-order valence-electron chi connectivity index (χ3n) is 2.02. The molecule has 64 valence electrons. The summed E-state index contributed by atoms with van der Waals surface area (Å²) in [5.74, 6) is 0. The van der Waals surface area contributed by atoms with Gasteiger partial charge in [-0.1, -0.05) is 24.3 Å². The number of fused-ring (bicyclic) bond motifs is 1. The van der Waals surface area contributed by atoms with Crippen LogP contribution in [0.25, 0.3) is 10.8 Å². The van der Waals surface area contributed by atoms with Crippen molar-refractivity contribution in [1.82, 2.24) is 4.98 Å². The van der Waals surface area contributed by atoms with Gasteiger partial charge in [-0.05, 0) is 0 Å². The van der Waals surface area contributed by atoms with Gasteiger partial charge in [0.25, 0.3) is 0 Å². The van der Waals surface area contributed by atoms with Crippen molar-refractivity contribution in [2.24, 2.45) is 0 Å². The van der Waals surface area contributed by atoms with Crippen LogP contribution in [-0.2, 0) is 0 Å². The Hall–Kier alpha value is -2.39. The fraction of sp³-hybridized carbons (Fsp3) is 0. The van der Waals surface area contributed by atoms with E-state index in [-0.39, 0.29) is 0 Å². The molecule has 0 amide bonds. The fourth-order valence-corrected chi connectivity index (χ4v) is 1.37. The molecule has 0 aliphatic heterocycles. The van der Waals surface area contributed by atoms with Gasteiger partial charge in [-0.2, -0.15) is 10.5 Å². The highest BCUT2D eigenvalue weighted by molar-refractivity contribution is 5.90. The summed E-state index contributed by atoms with van der Waals surface area (Å²) in [4.78, 5) is 3.91. The Morgan fingerprint density at radius 2 is 1.71 bits per heavy atom. The fourth-order valence-electron chi connectivity index (χ4n) is 1.37. The molecule has 0 N–H and O–H groups in total. The van der Waals surface area contributed by atoms with E-state index in [9.17, 15) is 0 Å². The highest BCUT2D eigenvalue weighted by Gasteiger charge is 2.04. The van der Waals surface area contributed by atoms with Crippen LogP contribution in [0, 0.1) is 22.7 Å². The molecule has 14 heavy (non-hydrogen) atoms. The standard InChI is InChI=1S/C11H5N3/c12-5-8-7-14-11(6-13)10-4-2-1-3-9(8)10/h1-4,7H. The lowest BCUT2D eigenvalue weighted by Gasteiger charge is -1.99. The van der Waals surface area contributed by atoms with Gasteiger partial charge >= 0.3 is 0 Å². The zero-order valence-electron chi connectivity index (χ0n) is 7.23. The predicted molar refractivity (Wildman–Crippen MR) is 51.2 cm³/mol. The van der Waals surface area contributed by atoms with Crippen molar-refractivity contribution in [3.63, 3.8) is 0 Å². The predicted octanol–water partition coefficient (Wildman–Crippen LogP) is 1.98. The summed E-state index contributed by atoms with van der Waals surface area (Å²) in [6, 6.07) is 11.3. The smallest absolute Gasteiger partial charge is 0.148 e. The summed E-state index contributed by atoms with van der Waals surface area (Å²) in [6.07, 6.45) is 1.43. The number of nitriles is 2. The van der Waals surface area contributed by atoms with E-state index in [1.54, 1.807) is 6.07 Å². The molecule has 0 saturated heterocycles. The van der Waals surface area contributed by atoms with Crippen LogP contribution >= 0.6 is 0 Å². The average Bonchev–Trinajstić information content (AvgIpc) is 2.27. The van der Waals surface area contributed by atoms with Gasteiger partial charge in [0.1, 0.15) is 17.8 Å². The van der Waals surface area contributed by atoms with Crippen molar-refractivity contribution < 1.29 is 0 Å². The quantitative estimate of drug-likeness (QED) is 0.621. The minimum atomic E-state index is 0.361. The maximum Gasteiger partial charge on any atom is 0.148 e. The monoisotopic (exact) mass is 179 g/mol. The highest BCUT2D eigenvalue weighted by Crippen LogP contribution is 2.19. The molecule has 2 rings (SSSR count). The molecule has 0 unspecified atom stereocenters. The first kappa shape index (κ1) is 8.22. The van der Waals surface area contributed by atoms with E-state index in [1.807, 2.05) is 30.3 Å². The van der Waals surface area contributed by atoms with E-state index in [2.05, 4.69) is 4.98 Å². The zero-order chi connectivity index (χ0) is 9.97. The number of aromatic nitrogens is 1. The molecule has 0 aliphatic carbocycles. The summed E-state index contributed by atoms with van der Waals surface area (Å²) in [6.45, 7) is 0. The first-order valence-electron chi connectivity index (χ1n) is 4.05. The summed E-state index contributed by atoms with van der Waals surface area (Å²) in [5, 5.41) is 19.1. The van der Waals surface area contributed by atoms with Crippen LogP contribution in [0.4, 0.5) is 0 Å². The number of hydrogen-bond donors (Lipinski definition) is 0. The van der Waals surface area contributed by atoms with Crippen molar-refractivity contribution in [1.29, 1.82) is 10.5 Å². The van der Waals surface area contributed by atoms with Crippen molar-refractivity contribution in [2.75, 3.05) is 0 Å². The van der Waals surface area contributed by atoms with E-state index < -0.39 is 0 Å². The van der Waals surface area contributed by atoms with E-state index in [4.69, 9.17) is 10.5 Å². The molecule has 3 nitrogen and oxygen atoms in total. The van der Waals surface area contributed by atoms with E-state index in [0.29, 0.717) is 11.3 Å². The maximum atomic E-state index is 8.83. The van der Waals surface area contributed by atoms with Crippen LogP contribution in [0.2, 0.25) is 0 Å². The van der Waals surface area contributed by atoms with Gasteiger partial charge < -0.3 is 0 Å². The van der Waals surface area contributed by atoms with Gasteiger partial charge in [0, 0.05) is 17.0 Å². The molecule has 0 aliphatic rings. The van der Waals surface area contributed by atoms with Gasteiger partial charge in [0.05, 0.1) is 5.56 Å². The minimum absolute atomic E-state index is 0.361. The molecule has 0 atom stereocenters. The Morgan fingerprint density at radius 1 is 1.00 bits per heavy atom. The van der Waals surface area contributed by atoms with Crippen LogP contribution in [0.1, 0.15) is 11.3 Å². The molecule has 0 spiro atoms. The second-order valence-corrected chi connectivity index (χ2v) is 2.79. The van der Waals surface area contributed by atoms with Gasteiger partial charge in [-0.3, -0.25) is 0 Å². The van der Waals surface area contributed by atoms with Gasteiger partial charge in [0.15, 0.2) is 0 Å². The number of rotatable bonds is 0. The highest BCUT2D eigenvalue weighted by atomic mass is 14.7. The van der Waals surface area contributed by atoms with E-state index >= 15 is 0 Å². The van der Waals surface area contributed by atoms with Gasteiger partial charge in [-0.15, -0.1) is 0 Å². The molecule has 2 aromatic rings. The third-order valence-corrected chi connectivity index (χ3v) is 2.02. The van der Waals surface area contributed by atoms with Crippen LogP contribution in [0.3, 0.4) is 0 Å². The molecule has 1 aromatic heterocycles. The molecule has 0 radical (unpaired) electrons. The lowest BCUT2D eigenvalue weighted by molar-refractivity contribution is 1.28. The molecule has 0 saturated carbocycles. The normalized spacial score (nSPS) is 9.29.